The molecule has 0 aliphatic heterocycles. The van der Waals surface area contributed by atoms with Gasteiger partial charge in [-0.3, -0.25) is 4.79 Å². The van der Waals surface area contributed by atoms with Crippen LogP contribution in [0.2, 0.25) is 0 Å². The maximum atomic E-state index is 12.3. The van der Waals surface area contributed by atoms with Crippen LogP contribution >= 0.6 is 0 Å². The van der Waals surface area contributed by atoms with E-state index in [9.17, 15) is 4.79 Å². The molecule has 1 N–H and O–H groups in total. The first kappa shape index (κ1) is 22.3. The highest BCUT2D eigenvalue weighted by atomic mass is 16.5. The van der Waals surface area contributed by atoms with Crippen molar-refractivity contribution < 1.29 is 14.3 Å². The molecule has 154 valence electrons. The van der Waals surface area contributed by atoms with Crippen molar-refractivity contribution in [1.29, 1.82) is 5.26 Å². The second-order valence-electron chi connectivity index (χ2n) is 7.85. The van der Waals surface area contributed by atoms with E-state index >= 15 is 0 Å². The third-order valence-electron chi connectivity index (χ3n) is 4.88. The van der Waals surface area contributed by atoms with Gasteiger partial charge in [-0.2, -0.15) is 5.26 Å². The van der Waals surface area contributed by atoms with E-state index in [0.717, 1.165) is 6.42 Å². The average Bonchev–Trinajstić information content (AvgIpc) is 2.71. The summed E-state index contributed by atoms with van der Waals surface area (Å²) in [5, 5.41) is 12.0. The van der Waals surface area contributed by atoms with Crippen LogP contribution in [0.4, 0.5) is 0 Å². The van der Waals surface area contributed by atoms with Crippen LogP contribution in [0, 0.1) is 11.3 Å². The van der Waals surface area contributed by atoms with Crippen molar-refractivity contribution in [2.24, 2.45) is 0 Å². The topological polar surface area (TPSA) is 71.3 Å². The van der Waals surface area contributed by atoms with E-state index in [4.69, 9.17) is 14.7 Å². The summed E-state index contributed by atoms with van der Waals surface area (Å²) < 4.78 is 11.0. The van der Waals surface area contributed by atoms with Crippen LogP contribution in [0.1, 0.15) is 51.2 Å². The molecule has 2 rings (SSSR count). The van der Waals surface area contributed by atoms with Crippen LogP contribution in [0.15, 0.2) is 48.5 Å². The predicted molar refractivity (Wildman–Crippen MR) is 114 cm³/mol. The molecule has 0 aliphatic carbocycles. The van der Waals surface area contributed by atoms with Crippen molar-refractivity contribution in [1.82, 2.24) is 5.32 Å². The number of methoxy groups -OCH3 is 1. The van der Waals surface area contributed by atoms with Crippen molar-refractivity contribution in [3.8, 4) is 17.6 Å². The lowest BCUT2D eigenvalue weighted by atomic mass is 9.79. The zero-order valence-corrected chi connectivity index (χ0v) is 17.7. The molecular formula is C24H30N2O3. The summed E-state index contributed by atoms with van der Waals surface area (Å²) in [5.74, 6) is 1.12. The Hall–Kier alpha value is -3.00. The summed E-state index contributed by atoms with van der Waals surface area (Å²) in [5.41, 5.74) is 1.77. The van der Waals surface area contributed by atoms with Gasteiger partial charge in [0.1, 0.15) is 0 Å². The van der Waals surface area contributed by atoms with Crippen molar-refractivity contribution in [3.05, 3.63) is 59.7 Å². The van der Waals surface area contributed by atoms with Crippen LogP contribution in [0.5, 0.6) is 11.5 Å². The van der Waals surface area contributed by atoms with Gasteiger partial charge in [-0.05, 0) is 42.9 Å². The Balaban J connectivity index is 1.75. The molecule has 0 aromatic heterocycles. The van der Waals surface area contributed by atoms with Crippen LogP contribution in [0.25, 0.3) is 0 Å². The van der Waals surface area contributed by atoms with E-state index in [0.29, 0.717) is 36.5 Å². The molecule has 1 atom stereocenters. The number of amides is 1. The number of carbonyl (C=O) groups is 1. The number of nitrogens with zero attached hydrogens (tertiary/aromatic N) is 1. The summed E-state index contributed by atoms with van der Waals surface area (Å²) in [4.78, 5) is 12.3. The maximum Gasteiger partial charge on any atom is 0.220 e. The van der Waals surface area contributed by atoms with E-state index in [1.165, 1.54) is 12.7 Å². The molecule has 5 heteroatoms. The number of nitriles is 1. The molecule has 1 unspecified atom stereocenters. The van der Waals surface area contributed by atoms with Gasteiger partial charge in [0.25, 0.3) is 0 Å². The number of carbonyl (C=O) groups excluding carboxylic acids is 1. The molecule has 0 aliphatic rings. The molecule has 5 nitrogen and oxygen atoms in total. The first-order chi connectivity index (χ1) is 13.9. The summed E-state index contributed by atoms with van der Waals surface area (Å²) in [6.07, 6.45) is 1.86. The lowest BCUT2D eigenvalue weighted by Crippen LogP contribution is -2.37. The summed E-state index contributed by atoms with van der Waals surface area (Å²) in [6.45, 7) is 6.84. The number of nitrogens with one attached hydrogen (secondary N) is 1. The molecule has 2 aromatic carbocycles. The van der Waals surface area contributed by atoms with Gasteiger partial charge in [-0.1, -0.05) is 44.2 Å². The van der Waals surface area contributed by atoms with E-state index in [1.807, 2.05) is 25.1 Å². The van der Waals surface area contributed by atoms with Crippen LogP contribution < -0.4 is 14.8 Å². The van der Waals surface area contributed by atoms with E-state index in [2.05, 4.69) is 37.4 Å². The quantitative estimate of drug-likeness (QED) is 0.598. The molecule has 0 saturated carbocycles. The zero-order chi connectivity index (χ0) is 21.3. The van der Waals surface area contributed by atoms with Gasteiger partial charge in [0.2, 0.25) is 5.91 Å². The summed E-state index contributed by atoms with van der Waals surface area (Å²) >= 11 is 0. The SMILES string of the molecule is COc1cc(C#N)ccc1OCCCC(=O)NC(C)CC(C)(C)c1ccccc1. The standard InChI is InChI=1S/C24H30N2O3/c1-18(16-24(2,3)20-9-6-5-7-10-20)26-23(27)11-8-14-29-21-13-12-19(17-25)15-22(21)28-4/h5-7,9-10,12-13,15,18H,8,11,14,16H2,1-4H3,(H,26,27). The van der Waals surface area contributed by atoms with Gasteiger partial charge >= 0.3 is 0 Å². The van der Waals surface area contributed by atoms with Gasteiger partial charge in [0.15, 0.2) is 11.5 Å². The fraction of sp³-hybridized carbons (Fsp3) is 0.417. The predicted octanol–water partition coefficient (Wildman–Crippen LogP) is 4.60. The van der Waals surface area contributed by atoms with Gasteiger partial charge in [0.05, 0.1) is 25.3 Å². The fourth-order valence-corrected chi connectivity index (χ4v) is 3.44. The second kappa shape index (κ2) is 10.5. The van der Waals surface area contributed by atoms with Crippen molar-refractivity contribution in [3.63, 3.8) is 0 Å². The van der Waals surface area contributed by atoms with Crippen LogP contribution in [-0.2, 0) is 10.2 Å². The first-order valence-electron chi connectivity index (χ1n) is 9.91. The maximum absolute atomic E-state index is 12.3. The second-order valence-corrected chi connectivity index (χ2v) is 7.85. The van der Waals surface area contributed by atoms with E-state index < -0.39 is 0 Å². The molecule has 29 heavy (non-hydrogen) atoms. The monoisotopic (exact) mass is 394 g/mol. The molecule has 2 aromatic rings. The Morgan fingerprint density at radius 3 is 2.55 bits per heavy atom. The number of hydrogen-bond donors (Lipinski definition) is 1. The normalized spacial score (nSPS) is 12.0. The molecular weight excluding hydrogens is 364 g/mol. The highest BCUT2D eigenvalue weighted by Crippen LogP contribution is 2.29. The molecule has 0 saturated heterocycles. The van der Waals surface area contributed by atoms with Crippen LogP contribution in [-0.4, -0.2) is 25.7 Å². The lowest BCUT2D eigenvalue weighted by molar-refractivity contribution is -0.122. The highest BCUT2D eigenvalue weighted by molar-refractivity contribution is 5.76. The molecule has 0 bridgehead atoms. The minimum atomic E-state index is -0.0107. The van der Waals surface area contributed by atoms with Crippen LogP contribution in [0.3, 0.4) is 0 Å². The fourth-order valence-electron chi connectivity index (χ4n) is 3.44. The smallest absolute Gasteiger partial charge is 0.220 e. The highest BCUT2D eigenvalue weighted by Gasteiger charge is 2.23. The molecule has 0 radical (unpaired) electrons. The minimum Gasteiger partial charge on any atom is -0.493 e. The van der Waals surface area contributed by atoms with E-state index in [1.54, 1.807) is 18.2 Å². The largest absolute Gasteiger partial charge is 0.493 e. The summed E-state index contributed by atoms with van der Waals surface area (Å²) in [6, 6.07) is 17.5. The molecule has 0 spiro atoms. The third kappa shape index (κ3) is 6.83. The van der Waals surface area contributed by atoms with Gasteiger partial charge in [-0.15, -0.1) is 0 Å². The molecule has 0 heterocycles. The van der Waals surface area contributed by atoms with Crippen molar-refractivity contribution in [2.45, 2.75) is 51.5 Å². The Labute approximate surface area is 173 Å². The number of benzene rings is 2. The minimum absolute atomic E-state index is 0.0107. The Kier molecular flexibility index (Phi) is 8.09. The Morgan fingerprint density at radius 2 is 1.90 bits per heavy atom. The number of hydrogen-bond acceptors (Lipinski definition) is 4. The molecule has 1 amide bonds. The van der Waals surface area contributed by atoms with Gasteiger partial charge in [-0.25, -0.2) is 0 Å². The van der Waals surface area contributed by atoms with Crippen molar-refractivity contribution >= 4 is 5.91 Å². The van der Waals surface area contributed by atoms with Gasteiger partial charge in [0, 0.05) is 18.5 Å². The van der Waals surface area contributed by atoms with E-state index in [-0.39, 0.29) is 17.4 Å². The Bertz CT molecular complexity index is 841. The Morgan fingerprint density at radius 1 is 1.17 bits per heavy atom. The van der Waals surface area contributed by atoms with Crippen molar-refractivity contribution in [2.75, 3.05) is 13.7 Å². The summed E-state index contributed by atoms with van der Waals surface area (Å²) in [7, 11) is 1.54. The first-order valence-corrected chi connectivity index (χ1v) is 9.91. The molecule has 0 fully saturated rings. The third-order valence-corrected chi connectivity index (χ3v) is 4.88. The lowest BCUT2D eigenvalue weighted by Gasteiger charge is -2.29. The van der Waals surface area contributed by atoms with Gasteiger partial charge < -0.3 is 14.8 Å². The average molecular weight is 395 g/mol. The zero-order valence-electron chi connectivity index (χ0n) is 17.7. The number of rotatable bonds is 10. The number of ether oxygens (including phenoxy) is 2.